The summed E-state index contributed by atoms with van der Waals surface area (Å²) in [6.45, 7) is 9.03. The van der Waals surface area contributed by atoms with E-state index in [0.717, 1.165) is 44.3 Å². The van der Waals surface area contributed by atoms with Crippen LogP contribution in [0.3, 0.4) is 0 Å². The lowest BCUT2D eigenvalue weighted by atomic mass is 10.1. The number of thiophene rings is 1. The van der Waals surface area contributed by atoms with Crippen LogP contribution in [0, 0.1) is 27.7 Å². The maximum absolute atomic E-state index is 6.66. The summed E-state index contributed by atoms with van der Waals surface area (Å²) in [7, 11) is 0. The van der Waals surface area contributed by atoms with E-state index in [4.69, 9.17) is 32.8 Å². The molecular formula is C46H46O7S. The lowest BCUT2D eigenvalue weighted by molar-refractivity contribution is -0.0166. The zero-order valence-corrected chi connectivity index (χ0v) is 31.9. The van der Waals surface area contributed by atoms with Crippen LogP contribution in [0.1, 0.15) is 57.9 Å². The molecule has 0 radical (unpaired) electrons. The van der Waals surface area contributed by atoms with Crippen molar-refractivity contribution in [2.75, 3.05) is 13.2 Å². The Kier molecular flexibility index (Phi) is 10.8. The molecule has 0 unspecified atom stereocenters. The standard InChI is InChI=1S/C46H46O7S/c1-29-5-13-33(14-6-29)47-27-43-40(49-35-17-9-31(3)10-18-35)25-39(52-43)37-21-22-38(51-37)45-23-24-46(54-45)42-26-41(50-36-19-11-32(4)12-20-36)44(53-42)28-48-34-15-7-30(2)8-16-34/h5-24,39-44H,25-28H2,1-4H3/t39-,40+,41+,42-,43-,44-/m1/s1. The third-order valence-corrected chi connectivity index (χ3v) is 11.2. The molecule has 2 aromatic heterocycles. The molecule has 2 fully saturated rings. The van der Waals surface area contributed by atoms with Crippen molar-refractivity contribution >= 4 is 11.3 Å². The van der Waals surface area contributed by atoms with Gasteiger partial charge in [0, 0.05) is 17.7 Å². The van der Waals surface area contributed by atoms with Crippen molar-refractivity contribution in [3.8, 4) is 33.6 Å². The van der Waals surface area contributed by atoms with Crippen LogP contribution in [0.4, 0.5) is 0 Å². The zero-order valence-electron chi connectivity index (χ0n) is 31.1. The smallest absolute Gasteiger partial charge is 0.144 e. The van der Waals surface area contributed by atoms with Gasteiger partial charge in [0.15, 0.2) is 0 Å². The molecule has 0 bridgehead atoms. The van der Waals surface area contributed by atoms with Crippen LogP contribution in [0.15, 0.2) is 126 Å². The molecule has 7 nitrogen and oxygen atoms in total. The highest BCUT2D eigenvalue weighted by Crippen LogP contribution is 2.43. The summed E-state index contributed by atoms with van der Waals surface area (Å²) in [5.74, 6) is 4.83. The molecule has 6 aromatic rings. The molecule has 4 aromatic carbocycles. The summed E-state index contributed by atoms with van der Waals surface area (Å²) >= 11 is 1.68. The van der Waals surface area contributed by atoms with Gasteiger partial charge in [-0.1, -0.05) is 70.8 Å². The molecule has 4 heterocycles. The van der Waals surface area contributed by atoms with Gasteiger partial charge in [-0.25, -0.2) is 0 Å². The number of benzene rings is 4. The molecule has 2 saturated heterocycles. The number of hydrogen-bond acceptors (Lipinski definition) is 8. The molecule has 54 heavy (non-hydrogen) atoms. The van der Waals surface area contributed by atoms with Gasteiger partial charge in [0.25, 0.3) is 0 Å². The molecule has 278 valence electrons. The summed E-state index contributed by atoms with van der Waals surface area (Å²) in [6, 6.07) is 40.7. The minimum Gasteiger partial charge on any atom is -0.491 e. The Hall–Kier alpha value is -5.02. The Morgan fingerprint density at radius 3 is 1.44 bits per heavy atom. The minimum absolute atomic E-state index is 0.132. The first-order valence-corrected chi connectivity index (χ1v) is 19.5. The van der Waals surface area contributed by atoms with Crippen molar-refractivity contribution in [3.05, 3.63) is 154 Å². The highest BCUT2D eigenvalue weighted by Gasteiger charge is 2.41. The highest BCUT2D eigenvalue weighted by atomic mass is 32.1. The second-order valence-electron chi connectivity index (χ2n) is 14.4. The Bertz CT molecular complexity index is 1950. The first-order valence-electron chi connectivity index (χ1n) is 18.7. The van der Waals surface area contributed by atoms with E-state index >= 15 is 0 Å². The van der Waals surface area contributed by atoms with E-state index in [1.807, 2.05) is 72.8 Å². The van der Waals surface area contributed by atoms with Crippen molar-refractivity contribution in [2.45, 2.75) is 77.2 Å². The fraction of sp³-hybridized carbons (Fsp3) is 0.304. The average Bonchev–Trinajstić information content (AvgIpc) is 4.00. The van der Waals surface area contributed by atoms with E-state index in [9.17, 15) is 0 Å². The van der Waals surface area contributed by atoms with E-state index in [2.05, 4.69) is 76.2 Å². The summed E-state index contributed by atoms with van der Waals surface area (Å²) < 4.78 is 45.1. The minimum atomic E-state index is -0.281. The van der Waals surface area contributed by atoms with Crippen LogP contribution in [0.25, 0.3) is 10.6 Å². The molecule has 0 amide bonds. The van der Waals surface area contributed by atoms with E-state index in [0.29, 0.717) is 26.1 Å². The predicted octanol–water partition coefficient (Wildman–Crippen LogP) is 11.0. The van der Waals surface area contributed by atoms with Crippen molar-refractivity contribution < 1.29 is 32.8 Å². The van der Waals surface area contributed by atoms with E-state index in [-0.39, 0.29) is 36.6 Å². The van der Waals surface area contributed by atoms with Gasteiger partial charge in [-0.05, 0) is 100 Å². The Labute approximate surface area is 321 Å². The molecule has 0 aliphatic carbocycles. The monoisotopic (exact) mass is 742 g/mol. The second kappa shape index (κ2) is 16.1. The molecule has 2 aliphatic heterocycles. The van der Waals surface area contributed by atoms with Gasteiger partial charge in [0.1, 0.15) is 78.3 Å². The normalized spacial score (nSPS) is 22.3. The van der Waals surface area contributed by atoms with Crippen LogP contribution in [0.2, 0.25) is 0 Å². The molecule has 2 aliphatic rings. The number of ether oxygens (including phenoxy) is 6. The van der Waals surface area contributed by atoms with Crippen molar-refractivity contribution in [1.29, 1.82) is 0 Å². The van der Waals surface area contributed by atoms with Crippen molar-refractivity contribution in [1.82, 2.24) is 0 Å². The van der Waals surface area contributed by atoms with Gasteiger partial charge in [-0.2, -0.15) is 0 Å². The fourth-order valence-electron chi connectivity index (χ4n) is 6.87. The van der Waals surface area contributed by atoms with Crippen LogP contribution in [-0.2, 0) is 9.47 Å². The average molecular weight is 743 g/mol. The van der Waals surface area contributed by atoms with Gasteiger partial charge in [0.05, 0.1) is 11.0 Å². The first-order chi connectivity index (χ1) is 26.3. The van der Waals surface area contributed by atoms with E-state index in [1.165, 1.54) is 22.3 Å². The summed E-state index contributed by atoms with van der Waals surface area (Å²) in [5.41, 5.74) is 4.75. The lowest BCUT2D eigenvalue weighted by Crippen LogP contribution is -2.32. The maximum Gasteiger partial charge on any atom is 0.144 e. The van der Waals surface area contributed by atoms with E-state index < -0.39 is 0 Å². The van der Waals surface area contributed by atoms with Gasteiger partial charge < -0.3 is 32.8 Å². The third kappa shape index (κ3) is 8.68. The van der Waals surface area contributed by atoms with Crippen LogP contribution >= 0.6 is 11.3 Å². The third-order valence-electron chi connectivity index (χ3n) is 10.0. The van der Waals surface area contributed by atoms with Gasteiger partial charge >= 0.3 is 0 Å². The first kappa shape index (κ1) is 36.0. The Morgan fingerprint density at radius 1 is 0.500 bits per heavy atom. The Morgan fingerprint density at radius 2 is 0.944 bits per heavy atom. The predicted molar refractivity (Wildman–Crippen MR) is 211 cm³/mol. The number of aryl methyl sites for hydroxylation is 4. The quantitative estimate of drug-likeness (QED) is 0.117. The van der Waals surface area contributed by atoms with E-state index in [1.54, 1.807) is 11.3 Å². The Balaban J connectivity index is 0.951. The van der Waals surface area contributed by atoms with Crippen LogP contribution in [0.5, 0.6) is 23.0 Å². The summed E-state index contributed by atoms with van der Waals surface area (Å²) in [6.07, 6.45) is 0.0587. The SMILES string of the molecule is Cc1ccc(OC[C@H]2O[C@@H](c3ccc(-c4ccc([C@H]5C[C@H](Oc6ccc(C)cc6)[C@@H](COc6ccc(C)cc6)O5)s4)o3)C[C@@H]2Oc2ccc(C)cc2)cc1. The van der Waals surface area contributed by atoms with Gasteiger partial charge in [-0.3, -0.25) is 0 Å². The van der Waals surface area contributed by atoms with Crippen LogP contribution < -0.4 is 18.9 Å². The molecule has 8 heteroatoms. The topological polar surface area (TPSA) is 68.5 Å². The zero-order chi connectivity index (χ0) is 37.0. The molecule has 0 N–H and O–H groups in total. The summed E-state index contributed by atoms with van der Waals surface area (Å²) in [5, 5.41) is 0. The second-order valence-corrected chi connectivity index (χ2v) is 15.5. The largest absolute Gasteiger partial charge is 0.491 e. The summed E-state index contributed by atoms with van der Waals surface area (Å²) in [4.78, 5) is 2.15. The van der Waals surface area contributed by atoms with Crippen molar-refractivity contribution in [2.24, 2.45) is 0 Å². The lowest BCUT2D eigenvalue weighted by Gasteiger charge is -2.20. The number of hydrogen-bond donors (Lipinski definition) is 0. The van der Waals surface area contributed by atoms with Gasteiger partial charge in [-0.15, -0.1) is 11.3 Å². The maximum atomic E-state index is 6.66. The fourth-order valence-corrected chi connectivity index (χ4v) is 7.89. The molecular weight excluding hydrogens is 697 g/mol. The molecule has 0 spiro atoms. The number of furan rings is 1. The molecule has 8 rings (SSSR count). The molecule has 0 saturated carbocycles. The molecule has 6 atom stereocenters. The number of rotatable bonds is 13. The van der Waals surface area contributed by atoms with Crippen molar-refractivity contribution in [3.63, 3.8) is 0 Å². The van der Waals surface area contributed by atoms with Crippen LogP contribution in [-0.4, -0.2) is 37.6 Å². The highest BCUT2D eigenvalue weighted by molar-refractivity contribution is 7.15. The van der Waals surface area contributed by atoms with Gasteiger partial charge in [0.2, 0.25) is 0 Å².